The summed E-state index contributed by atoms with van der Waals surface area (Å²) < 4.78 is 10.9. The van der Waals surface area contributed by atoms with Crippen LogP contribution >= 0.6 is 11.3 Å². The summed E-state index contributed by atoms with van der Waals surface area (Å²) in [5.41, 5.74) is 4.19. The minimum absolute atomic E-state index is 0.230. The van der Waals surface area contributed by atoms with Crippen LogP contribution < -0.4 is 19.7 Å². The Labute approximate surface area is 199 Å². The molecule has 1 aliphatic rings. The maximum absolute atomic E-state index is 12.9. The number of para-hydroxylation sites is 1. The molecule has 1 fully saturated rings. The van der Waals surface area contributed by atoms with E-state index in [0.717, 1.165) is 49.5 Å². The average Bonchev–Trinajstić information content (AvgIpc) is 3.35. The number of thiazole rings is 1. The summed E-state index contributed by atoms with van der Waals surface area (Å²) in [6.07, 6.45) is 0. The summed E-state index contributed by atoms with van der Waals surface area (Å²) in [5.74, 6) is 1.00. The van der Waals surface area contributed by atoms with Gasteiger partial charge in [0.05, 0.1) is 19.8 Å². The topological polar surface area (TPSA) is 66.9 Å². The van der Waals surface area contributed by atoms with E-state index >= 15 is 0 Å². The molecule has 4 rings (SSSR count). The summed E-state index contributed by atoms with van der Waals surface area (Å²) in [5, 5.41) is 5.48. The first kappa shape index (κ1) is 23.1. The normalized spacial score (nSPS) is 14.2. The summed E-state index contributed by atoms with van der Waals surface area (Å²) in [6.45, 7) is 9.53. The highest BCUT2D eigenvalue weighted by Crippen LogP contribution is 2.39. The number of amides is 1. The SMILES string of the molecule is CCN1CCN(c2ccc(NC(=O)c3csc(-c4cccc(OC)c4OC)n3)c(C)c2)CC1. The Morgan fingerprint density at radius 1 is 1.12 bits per heavy atom. The molecular formula is C25H30N4O3S. The fourth-order valence-electron chi connectivity index (χ4n) is 4.05. The van der Waals surface area contributed by atoms with E-state index in [1.54, 1.807) is 19.6 Å². The summed E-state index contributed by atoms with van der Waals surface area (Å²) in [7, 11) is 3.19. The molecule has 0 unspecified atom stereocenters. The van der Waals surface area contributed by atoms with Gasteiger partial charge in [0.25, 0.3) is 5.91 Å². The highest BCUT2D eigenvalue weighted by atomic mass is 32.1. The van der Waals surface area contributed by atoms with Gasteiger partial charge >= 0.3 is 0 Å². The van der Waals surface area contributed by atoms with Crippen LogP contribution in [0, 0.1) is 6.92 Å². The molecule has 0 spiro atoms. The third-order valence-electron chi connectivity index (χ3n) is 6.01. The van der Waals surface area contributed by atoms with E-state index in [0.29, 0.717) is 22.2 Å². The van der Waals surface area contributed by atoms with E-state index in [1.165, 1.54) is 17.0 Å². The van der Waals surface area contributed by atoms with E-state index in [9.17, 15) is 4.79 Å². The van der Waals surface area contributed by atoms with Crippen molar-refractivity contribution in [3.63, 3.8) is 0 Å². The number of benzene rings is 2. The molecule has 33 heavy (non-hydrogen) atoms. The molecule has 1 aliphatic heterocycles. The zero-order valence-electron chi connectivity index (χ0n) is 19.6. The van der Waals surface area contributed by atoms with Crippen molar-refractivity contribution in [2.75, 3.05) is 57.2 Å². The van der Waals surface area contributed by atoms with E-state index in [1.807, 2.05) is 31.2 Å². The Kier molecular flexibility index (Phi) is 7.15. The minimum Gasteiger partial charge on any atom is -0.493 e. The number of ether oxygens (including phenoxy) is 2. The lowest BCUT2D eigenvalue weighted by Crippen LogP contribution is -2.46. The average molecular weight is 467 g/mol. The van der Waals surface area contributed by atoms with Crippen LogP contribution in [0.3, 0.4) is 0 Å². The van der Waals surface area contributed by atoms with Gasteiger partial charge in [-0.15, -0.1) is 11.3 Å². The van der Waals surface area contributed by atoms with Gasteiger partial charge in [-0.25, -0.2) is 4.98 Å². The van der Waals surface area contributed by atoms with Crippen molar-refractivity contribution in [1.82, 2.24) is 9.88 Å². The second-order valence-electron chi connectivity index (χ2n) is 7.95. The molecule has 0 atom stereocenters. The second kappa shape index (κ2) is 10.2. The summed E-state index contributed by atoms with van der Waals surface area (Å²) >= 11 is 1.40. The van der Waals surface area contributed by atoms with Gasteiger partial charge in [0, 0.05) is 42.9 Å². The highest BCUT2D eigenvalue weighted by molar-refractivity contribution is 7.13. The van der Waals surface area contributed by atoms with Gasteiger partial charge in [-0.05, 0) is 49.4 Å². The van der Waals surface area contributed by atoms with E-state index < -0.39 is 0 Å². The van der Waals surface area contributed by atoms with Crippen LogP contribution in [0.15, 0.2) is 41.8 Å². The van der Waals surface area contributed by atoms with Gasteiger partial charge in [-0.2, -0.15) is 0 Å². The van der Waals surface area contributed by atoms with Crippen LogP contribution in [-0.4, -0.2) is 62.7 Å². The molecule has 1 saturated heterocycles. The van der Waals surface area contributed by atoms with E-state index in [4.69, 9.17) is 9.47 Å². The first-order valence-corrected chi connectivity index (χ1v) is 12.0. The molecule has 0 saturated carbocycles. The number of aromatic nitrogens is 1. The lowest BCUT2D eigenvalue weighted by Gasteiger charge is -2.35. The van der Waals surface area contributed by atoms with Crippen LogP contribution in [0.4, 0.5) is 11.4 Å². The summed E-state index contributed by atoms with van der Waals surface area (Å²) in [6, 6.07) is 11.8. The number of carbonyl (C=O) groups excluding carboxylic acids is 1. The molecule has 8 heteroatoms. The molecule has 2 aromatic carbocycles. The van der Waals surface area contributed by atoms with Gasteiger partial charge in [-0.1, -0.05) is 13.0 Å². The smallest absolute Gasteiger partial charge is 0.275 e. The number of carbonyl (C=O) groups is 1. The Morgan fingerprint density at radius 2 is 1.91 bits per heavy atom. The number of nitrogens with one attached hydrogen (secondary N) is 1. The molecule has 7 nitrogen and oxygen atoms in total. The molecule has 0 radical (unpaired) electrons. The van der Waals surface area contributed by atoms with Crippen LogP contribution in [0.25, 0.3) is 10.6 Å². The van der Waals surface area contributed by atoms with Crippen molar-refractivity contribution < 1.29 is 14.3 Å². The Morgan fingerprint density at radius 3 is 2.58 bits per heavy atom. The van der Waals surface area contributed by atoms with Crippen molar-refractivity contribution in [2.45, 2.75) is 13.8 Å². The predicted molar refractivity (Wildman–Crippen MR) is 134 cm³/mol. The molecule has 0 bridgehead atoms. The molecule has 1 aromatic heterocycles. The second-order valence-corrected chi connectivity index (χ2v) is 8.81. The van der Waals surface area contributed by atoms with Gasteiger partial charge in [0.2, 0.25) is 0 Å². The number of piperazine rings is 1. The van der Waals surface area contributed by atoms with Gasteiger partial charge in [-0.3, -0.25) is 4.79 Å². The molecule has 1 N–H and O–H groups in total. The lowest BCUT2D eigenvalue weighted by molar-refractivity contribution is 0.102. The zero-order valence-corrected chi connectivity index (χ0v) is 20.4. The van der Waals surface area contributed by atoms with Crippen LogP contribution in [0.1, 0.15) is 23.0 Å². The Balaban J connectivity index is 1.47. The number of anilines is 2. The molecule has 174 valence electrons. The Bertz CT molecular complexity index is 1120. The fourth-order valence-corrected chi connectivity index (χ4v) is 4.87. The van der Waals surface area contributed by atoms with Crippen molar-refractivity contribution in [3.8, 4) is 22.1 Å². The number of nitrogens with zero attached hydrogens (tertiary/aromatic N) is 3. The molecular weight excluding hydrogens is 436 g/mol. The first-order chi connectivity index (χ1) is 16.0. The standard InChI is InChI=1S/C25H30N4O3S/c1-5-28-11-13-29(14-12-28)18-9-10-20(17(2)15-18)26-24(30)21-16-33-25(27-21)19-7-6-8-22(31-3)23(19)32-4/h6-10,15-16H,5,11-14H2,1-4H3,(H,26,30). The number of aryl methyl sites for hydroxylation is 1. The van der Waals surface area contributed by atoms with Crippen molar-refractivity contribution >= 4 is 28.6 Å². The van der Waals surface area contributed by atoms with Gasteiger partial charge < -0.3 is 24.6 Å². The van der Waals surface area contributed by atoms with Crippen LogP contribution in [0.2, 0.25) is 0 Å². The van der Waals surface area contributed by atoms with Crippen molar-refractivity contribution in [1.29, 1.82) is 0 Å². The third-order valence-corrected chi connectivity index (χ3v) is 6.89. The maximum Gasteiger partial charge on any atom is 0.275 e. The number of hydrogen-bond acceptors (Lipinski definition) is 7. The highest BCUT2D eigenvalue weighted by Gasteiger charge is 2.19. The number of likely N-dealkylation sites (N-methyl/N-ethyl adjacent to an activating group) is 1. The third kappa shape index (κ3) is 4.96. The minimum atomic E-state index is -0.230. The predicted octanol–water partition coefficient (Wildman–Crippen LogP) is 4.53. The number of rotatable bonds is 7. The molecule has 0 aliphatic carbocycles. The lowest BCUT2D eigenvalue weighted by atomic mass is 10.1. The van der Waals surface area contributed by atoms with Crippen LogP contribution in [0.5, 0.6) is 11.5 Å². The van der Waals surface area contributed by atoms with Crippen LogP contribution in [-0.2, 0) is 0 Å². The monoisotopic (exact) mass is 466 g/mol. The van der Waals surface area contributed by atoms with E-state index in [-0.39, 0.29) is 5.91 Å². The molecule has 3 aromatic rings. The number of methoxy groups -OCH3 is 2. The van der Waals surface area contributed by atoms with E-state index in [2.05, 4.69) is 39.2 Å². The zero-order chi connectivity index (χ0) is 23.4. The quantitative estimate of drug-likeness (QED) is 0.552. The van der Waals surface area contributed by atoms with Gasteiger partial charge in [0.1, 0.15) is 10.7 Å². The summed E-state index contributed by atoms with van der Waals surface area (Å²) in [4.78, 5) is 22.3. The maximum atomic E-state index is 12.9. The van der Waals surface area contributed by atoms with Gasteiger partial charge in [0.15, 0.2) is 11.5 Å². The van der Waals surface area contributed by atoms with Crippen molar-refractivity contribution in [2.24, 2.45) is 0 Å². The molecule has 1 amide bonds. The first-order valence-electron chi connectivity index (χ1n) is 11.1. The number of hydrogen-bond donors (Lipinski definition) is 1. The van der Waals surface area contributed by atoms with Crippen molar-refractivity contribution in [3.05, 3.63) is 53.0 Å². The largest absolute Gasteiger partial charge is 0.493 e. The molecule has 2 heterocycles. The Hall–Kier alpha value is -3.10. The fraction of sp³-hybridized carbons (Fsp3) is 0.360.